The molecule has 172 valence electrons. The highest BCUT2D eigenvalue weighted by Crippen LogP contribution is 2.26. The van der Waals surface area contributed by atoms with Gasteiger partial charge in [0.15, 0.2) is 0 Å². The van der Waals surface area contributed by atoms with Gasteiger partial charge in [0.1, 0.15) is 6.54 Å². The molecule has 6 nitrogen and oxygen atoms in total. The van der Waals surface area contributed by atoms with Crippen molar-refractivity contribution in [3.8, 4) is 0 Å². The summed E-state index contributed by atoms with van der Waals surface area (Å²) in [6.07, 6.45) is 0. The van der Waals surface area contributed by atoms with Crippen LogP contribution in [0.5, 0.6) is 0 Å². The molecule has 0 aromatic heterocycles. The Morgan fingerprint density at radius 1 is 0.939 bits per heavy atom. The molecule has 3 rings (SSSR count). The predicted molar refractivity (Wildman–Crippen MR) is 133 cm³/mol. The van der Waals surface area contributed by atoms with Gasteiger partial charge in [0.05, 0.1) is 16.3 Å². The molecule has 0 heterocycles. The normalized spacial score (nSPS) is 12.0. The van der Waals surface area contributed by atoms with Crippen LogP contribution >= 0.6 is 0 Å². The maximum Gasteiger partial charge on any atom is 0.264 e. The van der Waals surface area contributed by atoms with E-state index in [2.05, 4.69) is 24.4 Å². The van der Waals surface area contributed by atoms with Gasteiger partial charge in [0.25, 0.3) is 15.9 Å². The molecule has 33 heavy (non-hydrogen) atoms. The second-order valence-corrected chi connectivity index (χ2v) is 10.0. The number of hydrogen-bond acceptors (Lipinski definition) is 4. The van der Waals surface area contributed by atoms with Gasteiger partial charge in [-0.3, -0.25) is 9.10 Å². The van der Waals surface area contributed by atoms with Crippen LogP contribution in [0.4, 0.5) is 5.69 Å². The zero-order valence-corrected chi connectivity index (χ0v) is 20.1. The van der Waals surface area contributed by atoms with E-state index in [9.17, 15) is 13.2 Å². The molecule has 0 aliphatic carbocycles. The topological polar surface area (TPSA) is 78.8 Å². The average molecular weight is 464 g/mol. The summed E-state index contributed by atoms with van der Waals surface area (Å²) >= 11 is 0. The Balaban J connectivity index is 1.89. The zero-order valence-electron chi connectivity index (χ0n) is 19.3. The summed E-state index contributed by atoms with van der Waals surface area (Å²) in [7, 11) is -3.97. The molecule has 3 aromatic carbocycles. The van der Waals surface area contributed by atoms with Gasteiger partial charge >= 0.3 is 0 Å². The molecule has 0 radical (unpaired) electrons. The van der Waals surface area contributed by atoms with Gasteiger partial charge in [-0.2, -0.15) is 5.10 Å². The van der Waals surface area contributed by atoms with Crippen molar-refractivity contribution in [2.24, 2.45) is 5.10 Å². The molecular formula is C26H29N3O3S. The maximum absolute atomic E-state index is 13.5. The Labute approximate surface area is 196 Å². The Kier molecular flexibility index (Phi) is 7.66. The van der Waals surface area contributed by atoms with E-state index in [4.69, 9.17) is 0 Å². The Bertz CT molecular complexity index is 1220. The zero-order chi connectivity index (χ0) is 24.0. The number of amides is 1. The molecule has 0 atom stereocenters. The number of rotatable bonds is 8. The maximum atomic E-state index is 13.5. The average Bonchev–Trinajstić information content (AvgIpc) is 2.81. The number of nitrogens with zero attached hydrogens (tertiary/aromatic N) is 2. The molecule has 1 amide bonds. The minimum atomic E-state index is -3.97. The van der Waals surface area contributed by atoms with Gasteiger partial charge < -0.3 is 0 Å². The molecule has 0 saturated heterocycles. The van der Waals surface area contributed by atoms with Crippen molar-refractivity contribution in [2.75, 3.05) is 10.8 Å². The van der Waals surface area contributed by atoms with Crippen LogP contribution in [-0.4, -0.2) is 26.6 Å². The highest BCUT2D eigenvalue weighted by atomic mass is 32.2. The van der Waals surface area contributed by atoms with Crippen LogP contribution in [0.15, 0.2) is 88.9 Å². The van der Waals surface area contributed by atoms with Crippen LogP contribution in [0.25, 0.3) is 0 Å². The Morgan fingerprint density at radius 3 is 2.12 bits per heavy atom. The largest absolute Gasteiger partial charge is 0.271 e. The summed E-state index contributed by atoms with van der Waals surface area (Å²) in [5, 5.41) is 4.14. The first-order chi connectivity index (χ1) is 15.7. The van der Waals surface area contributed by atoms with Gasteiger partial charge in [-0.05, 0) is 55.2 Å². The third-order valence-electron chi connectivity index (χ3n) is 5.28. The third kappa shape index (κ3) is 6.08. The first-order valence-corrected chi connectivity index (χ1v) is 12.2. The van der Waals surface area contributed by atoms with Crippen LogP contribution in [0.2, 0.25) is 0 Å². The summed E-state index contributed by atoms with van der Waals surface area (Å²) in [6.45, 7) is 7.40. The van der Waals surface area contributed by atoms with E-state index >= 15 is 0 Å². The van der Waals surface area contributed by atoms with Crippen LogP contribution in [0.1, 0.15) is 43.4 Å². The van der Waals surface area contributed by atoms with E-state index in [-0.39, 0.29) is 4.90 Å². The summed E-state index contributed by atoms with van der Waals surface area (Å²) in [4.78, 5) is 12.9. The summed E-state index contributed by atoms with van der Waals surface area (Å²) in [5.74, 6) is -0.228. The number of aryl methyl sites for hydroxylation is 1. The van der Waals surface area contributed by atoms with Crippen LogP contribution in [-0.2, 0) is 14.8 Å². The molecule has 0 saturated carbocycles. The lowest BCUT2D eigenvalue weighted by molar-refractivity contribution is -0.119. The smallest absolute Gasteiger partial charge is 0.264 e. The van der Waals surface area contributed by atoms with Crippen molar-refractivity contribution < 1.29 is 13.2 Å². The standard InChI is InChI=1S/C26H29N3O3S/c1-19(2)22-12-14-24(15-13-22)29(33(31,32)25-16-10-20(3)11-17-25)18-26(30)28-27-21(4)23-8-6-5-7-9-23/h5-17,19H,18H2,1-4H3,(H,28,30)/b27-21-. The second-order valence-electron chi connectivity index (χ2n) is 8.17. The Morgan fingerprint density at radius 2 is 1.55 bits per heavy atom. The van der Waals surface area contributed by atoms with Gasteiger partial charge in [-0.25, -0.2) is 13.8 Å². The van der Waals surface area contributed by atoms with Gasteiger partial charge in [-0.1, -0.05) is 74.0 Å². The molecule has 0 fully saturated rings. The van der Waals surface area contributed by atoms with Gasteiger partial charge in [0.2, 0.25) is 0 Å². The van der Waals surface area contributed by atoms with Crippen molar-refractivity contribution in [3.05, 3.63) is 95.6 Å². The number of benzene rings is 3. The number of carbonyl (C=O) groups is 1. The number of carbonyl (C=O) groups excluding carboxylic acids is 1. The lowest BCUT2D eigenvalue weighted by Gasteiger charge is -2.24. The van der Waals surface area contributed by atoms with E-state index in [1.807, 2.05) is 49.4 Å². The highest BCUT2D eigenvalue weighted by Gasteiger charge is 2.27. The molecule has 7 heteroatoms. The van der Waals surface area contributed by atoms with Gasteiger partial charge in [0, 0.05) is 0 Å². The highest BCUT2D eigenvalue weighted by molar-refractivity contribution is 7.92. The van der Waals surface area contributed by atoms with E-state index < -0.39 is 22.5 Å². The third-order valence-corrected chi connectivity index (χ3v) is 7.07. The molecule has 0 aliphatic heterocycles. The van der Waals surface area contributed by atoms with E-state index in [1.54, 1.807) is 43.3 Å². The molecule has 0 aliphatic rings. The van der Waals surface area contributed by atoms with E-state index in [1.165, 1.54) is 0 Å². The molecule has 3 aromatic rings. The minimum absolute atomic E-state index is 0.123. The summed E-state index contributed by atoms with van der Waals surface area (Å²) < 4.78 is 28.1. The molecule has 1 N–H and O–H groups in total. The monoisotopic (exact) mass is 463 g/mol. The SMILES string of the molecule is C/C(=N/NC(=O)CN(c1ccc(C(C)C)cc1)S(=O)(=O)c1ccc(C)cc1)c1ccccc1. The molecular weight excluding hydrogens is 434 g/mol. The second kappa shape index (κ2) is 10.4. The Hall–Kier alpha value is -3.45. The lowest BCUT2D eigenvalue weighted by atomic mass is 10.0. The molecule has 0 spiro atoms. The number of hydrogen-bond donors (Lipinski definition) is 1. The van der Waals surface area contributed by atoms with Crippen molar-refractivity contribution >= 4 is 27.3 Å². The summed E-state index contributed by atoms with van der Waals surface area (Å²) in [6, 6.07) is 23.2. The van der Waals surface area contributed by atoms with Crippen molar-refractivity contribution in [1.82, 2.24) is 5.43 Å². The van der Waals surface area contributed by atoms with Crippen molar-refractivity contribution in [3.63, 3.8) is 0 Å². The van der Waals surface area contributed by atoms with Crippen LogP contribution < -0.4 is 9.73 Å². The van der Waals surface area contributed by atoms with Crippen LogP contribution in [0, 0.1) is 6.92 Å². The number of nitrogens with one attached hydrogen (secondary N) is 1. The van der Waals surface area contributed by atoms with Crippen LogP contribution in [0.3, 0.4) is 0 Å². The number of hydrazone groups is 1. The lowest BCUT2D eigenvalue weighted by Crippen LogP contribution is -2.39. The fourth-order valence-electron chi connectivity index (χ4n) is 3.23. The predicted octanol–water partition coefficient (Wildman–Crippen LogP) is 4.85. The van der Waals surface area contributed by atoms with E-state index in [0.717, 1.165) is 21.0 Å². The molecule has 0 bridgehead atoms. The first-order valence-electron chi connectivity index (χ1n) is 10.8. The molecule has 0 unspecified atom stereocenters. The minimum Gasteiger partial charge on any atom is -0.271 e. The fourth-order valence-corrected chi connectivity index (χ4v) is 4.65. The summed E-state index contributed by atoms with van der Waals surface area (Å²) in [5.41, 5.74) is 6.42. The number of sulfonamides is 1. The first kappa shape index (κ1) is 24.2. The van der Waals surface area contributed by atoms with Crippen molar-refractivity contribution in [2.45, 2.75) is 38.5 Å². The fraction of sp³-hybridized carbons (Fsp3) is 0.231. The quantitative estimate of drug-likeness (QED) is 0.383. The van der Waals surface area contributed by atoms with Gasteiger partial charge in [-0.15, -0.1) is 0 Å². The van der Waals surface area contributed by atoms with E-state index in [0.29, 0.717) is 17.3 Å². The number of anilines is 1. The van der Waals surface area contributed by atoms with Crippen molar-refractivity contribution in [1.29, 1.82) is 0 Å².